The van der Waals surface area contributed by atoms with E-state index in [9.17, 15) is 4.39 Å². The summed E-state index contributed by atoms with van der Waals surface area (Å²) in [5, 5.41) is 15.5. The van der Waals surface area contributed by atoms with Crippen LogP contribution >= 0.6 is 0 Å². The molecule has 0 atom stereocenters. The maximum atomic E-state index is 13.7. The van der Waals surface area contributed by atoms with E-state index in [-0.39, 0.29) is 5.82 Å². The highest BCUT2D eigenvalue weighted by Gasteiger charge is 2.30. The molecule has 2 aliphatic rings. The van der Waals surface area contributed by atoms with Crippen LogP contribution in [0.25, 0.3) is 11.3 Å². The number of halogens is 1. The van der Waals surface area contributed by atoms with Crippen LogP contribution < -0.4 is 9.80 Å². The Bertz CT molecular complexity index is 916. The molecule has 5 rings (SSSR count). The minimum atomic E-state index is -0.147. The maximum absolute atomic E-state index is 13.7. The van der Waals surface area contributed by atoms with E-state index in [2.05, 4.69) is 30.2 Å². The average molecular weight is 364 g/mol. The molecule has 0 saturated carbocycles. The zero-order chi connectivity index (χ0) is 18.2. The number of aromatic amines is 1. The van der Waals surface area contributed by atoms with Crippen LogP contribution in [0, 0.1) is 5.82 Å². The fourth-order valence-electron chi connectivity index (χ4n) is 4.20. The normalized spacial score (nSPS) is 17.4. The third-order valence-corrected chi connectivity index (χ3v) is 5.65. The SMILES string of the molecule is Fc1ccc2c(c1)N(C1CCN(c3ccc(-c4cn[nH]c4)nn3)CC1)CC2. The minimum Gasteiger partial charge on any atom is -0.368 e. The van der Waals surface area contributed by atoms with Gasteiger partial charge in [0.25, 0.3) is 0 Å². The molecule has 0 radical (unpaired) electrons. The van der Waals surface area contributed by atoms with Gasteiger partial charge >= 0.3 is 0 Å². The van der Waals surface area contributed by atoms with Crippen LogP contribution in [-0.4, -0.2) is 46.1 Å². The van der Waals surface area contributed by atoms with Crippen LogP contribution in [0.4, 0.5) is 15.9 Å². The van der Waals surface area contributed by atoms with E-state index < -0.39 is 0 Å². The topological polar surface area (TPSA) is 60.9 Å². The van der Waals surface area contributed by atoms with Crippen LogP contribution in [0.2, 0.25) is 0 Å². The molecular weight excluding hydrogens is 343 g/mol. The van der Waals surface area contributed by atoms with E-state index in [4.69, 9.17) is 0 Å². The molecule has 0 amide bonds. The lowest BCUT2D eigenvalue weighted by atomic mass is 10.0. The van der Waals surface area contributed by atoms with Crippen molar-refractivity contribution in [1.29, 1.82) is 0 Å². The zero-order valence-electron chi connectivity index (χ0n) is 15.0. The summed E-state index contributed by atoms with van der Waals surface area (Å²) in [6.07, 6.45) is 6.65. The molecule has 0 unspecified atom stereocenters. The predicted molar refractivity (Wildman–Crippen MR) is 102 cm³/mol. The van der Waals surface area contributed by atoms with Crippen molar-refractivity contribution in [3.8, 4) is 11.3 Å². The van der Waals surface area contributed by atoms with E-state index in [1.54, 1.807) is 18.3 Å². The number of nitrogens with zero attached hydrogens (tertiary/aromatic N) is 5. The van der Waals surface area contributed by atoms with E-state index in [1.807, 2.05) is 24.4 Å². The second kappa shape index (κ2) is 6.64. The largest absolute Gasteiger partial charge is 0.368 e. The van der Waals surface area contributed by atoms with Crippen molar-refractivity contribution >= 4 is 11.5 Å². The fraction of sp³-hybridized carbons (Fsp3) is 0.350. The molecule has 6 nitrogen and oxygen atoms in total. The van der Waals surface area contributed by atoms with Gasteiger partial charge in [-0.1, -0.05) is 6.07 Å². The molecule has 1 N–H and O–H groups in total. The highest BCUT2D eigenvalue weighted by atomic mass is 19.1. The Labute approximate surface area is 157 Å². The molecule has 0 bridgehead atoms. The Kier molecular flexibility index (Phi) is 3.99. The molecular formula is C20H21FN6. The van der Waals surface area contributed by atoms with Crippen molar-refractivity contribution in [2.24, 2.45) is 0 Å². The van der Waals surface area contributed by atoms with Crippen molar-refractivity contribution in [2.75, 3.05) is 29.4 Å². The summed E-state index contributed by atoms with van der Waals surface area (Å²) in [7, 11) is 0. The van der Waals surface area contributed by atoms with Gasteiger partial charge in [-0.2, -0.15) is 5.10 Å². The van der Waals surface area contributed by atoms with Crippen molar-refractivity contribution in [1.82, 2.24) is 20.4 Å². The monoisotopic (exact) mass is 364 g/mol. The van der Waals surface area contributed by atoms with Gasteiger partial charge in [0, 0.05) is 43.1 Å². The number of hydrogen-bond acceptors (Lipinski definition) is 5. The number of hydrogen-bond donors (Lipinski definition) is 1. The number of nitrogens with one attached hydrogen (secondary N) is 1. The summed E-state index contributed by atoms with van der Waals surface area (Å²) < 4.78 is 13.7. The van der Waals surface area contributed by atoms with Crippen molar-refractivity contribution in [3.05, 3.63) is 54.1 Å². The number of benzene rings is 1. The Morgan fingerprint density at radius 3 is 2.67 bits per heavy atom. The molecule has 0 spiro atoms. The maximum Gasteiger partial charge on any atom is 0.151 e. The van der Waals surface area contributed by atoms with E-state index in [1.165, 1.54) is 5.56 Å². The fourth-order valence-corrected chi connectivity index (χ4v) is 4.20. The standard InChI is InChI=1S/C20H21FN6/c21-16-2-1-14-5-10-27(19(14)11-16)17-6-8-26(9-7-17)20-4-3-18(24-25-20)15-12-22-23-13-15/h1-4,11-13,17H,5-10H2,(H,22,23). The molecule has 1 fully saturated rings. The summed E-state index contributed by atoms with van der Waals surface area (Å²) in [6, 6.07) is 9.65. The second-order valence-electron chi connectivity index (χ2n) is 7.20. The first-order valence-electron chi connectivity index (χ1n) is 9.41. The van der Waals surface area contributed by atoms with Gasteiger partial charge in [-0.3, -0.25) is 5.10 Å². The summed E-state index contributed by atoms with van der Waals surface area (Å²) >= 11 is 0. The second-order valence-corrected chi connectivity index (χ2v) is 7.20. The van der Waals surface area contributed by atoms with Gasteiger partial charge in [-0.25, -0.2) is 4.39 Å². The molecule has 3 aromatic rings. The number of fused-ring (bicyclic) bond motifs is 1. The summed E-state index contributed by atoms with van der Waals surface area (Å²) in [5.74, 6) is 0.764. The van der Waals surface area contributed by atoms with Gasteiger partial charge in [-0.05, 0) is 49.1 Å². The van der Waals surface area contributed by atoms with Crippen LogP contribution in [0.1, 0.15) is 18.4 Å². The third kappa shape index (κ3) is 3.03. The number of aromatic nitrogens is 4. The summed E-state index contributed by atoms with van der Waals surface area (Å²) in [4.78, 5) is 4.68. The van der Waals surface area contributed by atoms with Crippen LogP contribution in [0.15, 0.2) is 42.7 Å². The number of piperidine rings is 1. The van der Waals surface area contributed by atoms with Gasteiger partial charge in [0.15, 0.2) is 5.82 Å². The molecule has 138 valence electrons. The Balaban J connectivity index is 1.25. The van der Waals surface area contributed by atoms with Crippen LogP contribution in [0.5, 0.6) is 0 Å². The molecule has 4 heterocycles. The van der Waals surface area contributed by atoms with E-state index in [0.717, 1.165) is 61.7 Å². The molecule has 1 saturated heterocycles. The molecule has 2 aliphatic heterocycles. The highest BCUT2D eigenvalue weighted by Crippen LogP contribution is 2.33. The van der Waals surface area contributed by atoms with Gasteiger partial charge in [0.05, 0.1) is 11.9 Å². The highest BCUT2D eigenvalue weighted by molar-refractivity contribution is 5.60. The smallest absolute Gasteiger partial charge is 0.151 e. The molecule has 7 heteroatoms. The minimum absolute atomic E-state index is 0.147. The van der Waals surface area contributed by atoms with Crippen LogP contribution in [-0.2, 0) is 6.42 Å². The van der Waals surface area contributed by atoms with Gasteiger partial charge < -0.3 is 9.80 Å². The molecule has 27 heavy (non-hydrogen) atoms. The first-order chi connectivity index (χ1) is 13.3. The van der Waals surface area contributed by atoms with Crippen molar-refractivity contribution in [2.45, 2.75) is 25.3 Å². The van der Waals surface area contributed by atoms with Gasteiger partial charge in [-0.15, -0.1) is 10.2 Å². The molecule has 2 aromatic heterocycles. The van der Waals surface area contributed by atoms with E-state index >= 15 is 0 Å². The third-order valence-electron chi connectivity index (χ3n) is 5.65. The van der Waals surface area contributed by atoms with Crippen LogP contribution in [0.3, 0.4) is 0 Å². The van der Waals surface area contributed by atoms with Gasteiger partial charge in [0.2, 0.25) is 0 Å². The molecule has 0 aliphatic carbocycles. The average Bonchev–Trinajstić information content (AvgIpc) is 3.38. The van der Waals surface area contributed by atoms with Crippen molar-refractivity contribution in [3.63, 3.8) is 0 Å². The predicted octanol–water partition coefficient (Wildman–Crippen LogP) is 3.04. The van der Waals surface area contributed by atoms with Crippen molar-refractivity contribution < 1.29 is 4.39 Å². The number of anilines is 2. The Morgan fingerprint density at radius 2 is 1.93 bits per heavy atom. The number of H-pyrrole nitrogens is 1. The zero-order valence-corrected chi connectivity index (χ0v) is 15.0. The summed E-state index contributed by atoms with van der Waals surface area (Å²) in [6.45, 7) is 2.86. The lowest BCUT2D eigenvalue weighted by Crippen LogP contribution is -2.44. The van der Waals surface area contributed by atoms with E-state index in [0.29, 0.717) is 6.04 Å². The lowest BCUT2D eigenvalue weighted by molar-refractivity contribution is 0.469. The van der Waals surface area contributed by atoms with Gasteiger partial charge in [0.1, 0.15) is 5.82 Å². The number of rotatable bonds is 3. The Morgan fingerprint density at radius 1 is 1.04 bits per heavy atom. The Hall–Kier alpha value is -2.96. The molecule has 1 aromatic carbocycles. The first-order valence-corrected chi connectivity index (χ1v) is 9.41. The quantitative estimate of drug-likeness (QED) is 0.774. The first kappa shape index (κ1) is 16.2. The summed E-state index contributed by atoms with van der Waals surface area (Å²) in [5.41, 5.74) is 4.10. The lowest BCUT2D eigenvalue weighted by Gasteiger charge is -2.38.